The van der Waals surface area contributed by atoms with E-state index in [0.717, 1.165) is 69.5 Å². The molecule has 0 aliphatic carbocycles. The van der Waals surface area contributed by atoms with Gasteiger partial charge in [-0.2, -0.15) is 0 Å². The van der Waals surface area contributed by atoms with Gasteiger partial charge in [0.25, 0.3) is 0 Å². The minimum absolute atomic E-state index is 0.00761. The lowest BCUT2D eigenvalue weighted by Crippen LogP contribution is -2.41. The number of guanidine groups is 1. The molecule has 2 aromatic rings. The highest BCUT2D eigenvalue weighted by Gasteiger charge is 2.34. The topological polar surface area (TPSA) is 67.8 Å². The highest BCUT2D eigenvalue weighted by Crippen LogP contribution is 2.36. The second-order valence-electron chi connectivity index (χ2n) is 7.54. The molecule has 3 rings (SSSR count). The van der Waals surface area contributed by atoms with E-state index in [2.05, 4.69) is 52.9 Å². The molecule has 2 N–H and O–H groups in total. The van der Waals surface area contributed by atoms with Crippen molar-refractivity contribution in [2.75, 3.05) is 39.5 Å². The quantitative estimate of drug-likeness (QED) is 0.490. The summed E-state index contributed by atoms with van der Waals surface area (Å²) in [6.45, 7) is 8.66. The van der Waals surface area contributed by atoms with E-state index in [1.165, 1.54) is 5.56 Å². The summed E-state index contributed by atoms with van der Waals surface area (Å²) in [5.74, 6) is 1.77. The van der Waals surface area contributed by atoms with Crippen molar-refractivity contribution in [3.63, 3.8) is 0 Å². The van der Waals surface area contributed by atoms with E-state index in [9.17, 15) is 0 Å². The monoisotopic (exact) mass is 410 g/mol. The summed E-state index contributed by atoms with van der Waals surface area (Å²) in [7, 11) is 0. The molecule has 1 aromatic carbocycles. The second kappa shape index (κ2) is 11.6. The minimum Gasteiger partial charge on any atom is -0.494 e. The van der Waals surface area contributed by atoms with Crippen LogP contribution in [0.1, 0.15) is 37.9 Å². The van der Waals surface area contributed by atoms with Crippen LogP contribution >= 0.6 is 0 Å². The van der Waals surface area contributed by atoms with Gasteiger partial charge in [-0.05, 0) is 56.5 Å². The number of nitrogens with one attached hydrogen (secondary N) is 2. The van der Waals surface area contributed by atoms with Crippen molar-refractivity contribution >= 4 is 5.96 Å². The third kappa shape index (κ3) is 6.20. The van der Waals surface area contributed by atoms with Crippen molar-refractivity contribution in [3.05, 3.63) is 59.9 Å². The van der Waals surface area contributed by atoms with Gasteiger partial charge in [-0.25, -0.2) is 0 Å². The number of hydrogen-bond donors (Lipinski definition) is 2. The van der Waals surface area contributed by atoms with Crippen molar-refractivity contribution in [3.8, 4) is 5.75 Å². The number of pyridine rings is 1. The highest BCUT2D eigenvalue weighted by atomic mass is 16.5. The van der Waals surface area contributed by atoms with Gasteiger partial charge in [0.1, 0.15) is 5.75 Å². The Bertz CT molecular complexity index is 772. The van der Waals surface area contributed by atoms with Crippen LogP contribution in [0.25, 0.3) is 0 Å². The number of benzene rings is 1. The summed E-state index contributed by atoms with van der Waals surface area (Å²) in [6, 6.07) is 14.5. The van der Waals surface area contributed by atoms with Gasteiger partial charge in [0.15, 0.2) is 5.96 Å². The van der Waals surface area contributed by atoms with Crippen LogP contribution in [0, 0.1) is 0 Å². The lowest BCUT2D eigenvalue weighted by atomic mass is 9.74. The molecule has 1 saturated heterocycles. The Hall–Kier alpha value is -2.60. The lowest BCUT2D eigenvalue weighted by Gasteiger charge is -2.36. The summed E-state index contributed by atoms with van der Waals surface area (Å²) < 4.78 is 11.3. The molecule has 0 saturated carbocycles. The Morgan fingerprint density at radius 1 is 1.10 bits per heavy atom. The summed E-state index contributed by atoms with van der Waals surface area (Å²) in [6.07, 6.45) is 4.64. The lowest BCUT2D eigenvalue weighted by molar-refractivity contribution is 0.0531. The molecule has 162 valence electrons. The zero-order valence-corrected chi connectivity index (χ0v) is 18.2. The Morgan fingerprint density at radius 3 is 2.57 bits per heavy atom. The van der Waals surface area contributed by atoms with Crippen LogP contribution in [0.5, 0.6) is 5.75 Å². The number of hydrogen-bond acceptors (Lipinski definition) is 4. The van der Waals surface area contributed by atoms with Crippen molar-refractivity contribution in [1.29, 1.82) is 0 Å². The largest absolute Gasteiger partial charge is 0.494 e. The highest BCUT2D eigenvalue weighted by molar-refractivity contribution is 5.79. The number of aromatic nitrogens is 1. The van der Waals surface area contributed by atoms with Crippen LogP contribution in [0.4, 0.5) is 0 Å². The number of ether oxygens (including phenoxy) is 2. The van der Waals surface area contributed by atoms with Crippen LogP contribution in [0.2, 0.25) is 0 Å². The van der Waals surface area contributed by atoms with E-state index in [0.29, 0.717) is 6.61 Å². The number of rotatable bonds is 9. The molecule has 1 aromatic heterocycles. The van der Waals surface area contributed by atoms with Crippen LogP contribution in [0.3, 0.4) is 0 Å². The molecule has 1 aliphatic heterocycles. The molecule has 6 heteroatoms. The molecule has 0 spiro atoms. The van der Waals surface area contributed by atoms with Crippen LogP contribution in [-0.2, 0) is 16.6 Å². The molecule has 0 bridgehead atoms. The molecule has 1 aliphatic rings. The molecular formula is C24H34N4O2. The Morgan fingerprint density at radius 2 is 1.90 bits per heavy atom. The van der Waals surface area contributed by atoms with Gasteiger partial charge >= 0.3 is 0 Å². The van der Waals surface area contributed by atoms with Crippen molar-refractivity contribution in [2.45, 2.75) is 38.5 Å². The van der Waals surface area contributed by atoms with Gasteiger partial charge in [0.05, 0.1) is 13.2 Å². The third-order valence-corrected chi connectivity index (χ3v) is 5.51. The molecule has 0 atom stereocenters. The first-order valence-corrected chi connectivity index (χ1v) is 11.0. The minimum atomic E-state index is -0.00761. The normalized spacial score (nSPS) is 16.1. The predicted molar refractivity (Wildman–Crippen MR) is 121 cm³/mol. The zero-order valence-electron chi connectivity index (χ0n) is 18.2. The molecule has 1 fully saturated rings. The molecule has 30 heavy (non-hydrogen) atoms. The average molecular weight is 411 g/mol. The molecule has 0 unspecified atom stereocenters. The maximum atomic E-state index is 5.67. The first-order valence-electron chi connectivity index (χ1n) is 11.0. The molecule has 6 nitrogen and oxygen atoms in total. The third-order valence-electron chi connectivity index (χ3n) is 5.51. The average Bonchev–Trinajstić information content (AvgIpc) is 2.79. The maximum absolute atomic E-state index is 5.67. The summed E-state index contributed by atoms with van der Waals surface area (Å²) in [5.41, 5.74) is 2.38. The van der Waals surface area contributed by atoms with E-state index >= 15 is 0 Å². The molecule has 2 heterocycles. The zero-order chi connectivity index (χ0) is 21.1. The number of nitrogens with zero attached hydrogens (tertiary/aromatic N) is 2. The smallest absolute Gasteiger partial charge is 0.191 e. The van der Waals surface area contributed by atoms with E-state index in [4.69, 9.17) is 14.5 Å². The maximum Gasteiger partial charge on any atom is 0.191 e. The van der Waals surface area contributed by atoms with Gasteiger partial charge in [0.2, 0.25) is 0 Å². The molecule has 0 radical (unpaired) electrons. The standard InChI is InChI=1S/C24H34N4O2/c1-3-25-23(27-16-12-21-7-5-6-15-26-21)28-19-24(13-17-29-18-14-24)20-8-10-22(11-9-20)30-4-2/h5-11,15H,3-4,12-14,16-19H2,1-2H3,(H2,25,27,28). The Kier molecular flexibility index (Phi) is 8.51. The van der Waals surface area contributed by atoms with E-state index in [1.54, 1.807) is 0 Å². The van der Waals surface area contributed by atoms with Crippen LogP contribution < -0.4 is 15.4 Å². The van der Waals surface area contributed by atoms with E-state index in [-0.39, 0.29) is 5.41 Å². The predicted octanol–water partition coefficient (Wildman–Crippen LogP) is 3.33. The van der Waals surface area contributed by atoms with Crippen LogP contribution in [0.15, 0.2) is 53.7 Å². The summed E-state index contributed by atoms with van der Waals surface area (Å²) in [4.78, 5) is 9.35. The van der Waals surface area contributed by atoms with E-state index in [1.807, 2.05) is 25.3 Å². The van der Waals surface area contributed by atoms with Crippen molar-refractivity contribution < 1.29 is 9.47 Å². The SMILES string of the molecule is CCNC(=NCC1(c2ccc(OCC)cc2)CCOCC1)NCCc1ccccn1. The fraction of sp³-hybridized carbons (Fsp3) is 0.500. The number of aliphatic imine (C=N–C) groups is 1. The fourth-order valence-electron chi connectivity index (χ4n) is 3.80. The summed E-state index contributed by atoms with van der Waals surface area (Å²) >= 11 is 0. The first kappa shape index (κ1) is 22.1. The van der Waals surface area contributed by atoms with Crippen molar-refractivity contribution in [1.82, 2.24) is 15.6 Å². The summed E-state index contributed by atoms with van der Waals surface area (Å²) in [5, 5.41) is 6.82. The van der Waals surface area contributed by atoms with Gasteiger partial charge < -0.3 is 20.1 Å². The Labute approximate surface area is 180 Å². The van der Waals surface area contributed by atoms with Crippen LogP contribution in [-0.4, -0.2) is 50.4 Å². The van der Waals surface area contributed by atoms with E-state index < -0.39 is 0 Å². The van der Waals surface area contributed by atoms with Crippen molar-refractivity contribution in [2.24, 2.45) is 4.99 Å². The second-order valence-corrected chi connectivity index (χ2v) is 7.54. The first-order chi connectivity index (χ1) is 14.8. The fourth-order valence-corrected chi connectivity index (χ4v) is 3.80. The van der Waals surface area contributed by atoms with Gasteiger partial charge in [-0.15, -0.1) is 0 Å². The van der Waals surface area contributed by atoms with Gasteiger partial charge in [-0.3, -0.25) is 9.98 Å². The molecule has 0 amide bonds. The van der Waals surface area contributed by atoms with Gasteiger partial charge in [-0.1, -0.05) is 18.2 Å². The van der Waals surface area contributed by atoms with Gasteiger partial charge in [0, 0.05) is 50.0 Å². The molecular weight excluding hydrogens is 376 g/mol. The Balaban J connectivity index is 1.68.